The average Bonchev–Trinajstić information content (AvgIpc) is 3.31. The summed E-state index contributed by atoms with van der Waals surface area (Å²) in [6.45, 7) is 3.77. The van der Waals surface area contributed by atoms with Crippen molar-refractivity contribution in [1.29, 1.82) is 0 Å². The van der Waals surface area contributed by atoms with Crippen molar-refractivity contribution in [3.8, 4) is 0 Å². The van der Waals surface area contributed by atoms with Gasteiger partial charge in [0.1, 0.15) is 6.04 Å². The number of aromatic nitrogens is 4. The van der Waals surface area contributed by atoms with Crippen LogP contribution in [0.2, 0.25) is 0 Å². The van der Waals surface area contributed by atoms with Crippen LogP contribution in [0.1, 0.15) is 36.2 Å². The van der Waals surface area contributed by atoms with Gasteiger partial charge in [0.05, 0.1) is 6.54 Å². The number of carbonyl (C=O) groups excluding carboxylic acids is 2. The highest BCUT2D eigenvalue weighted by Gasteiger charge is 2.25. The second-order valence-electron chi connectivity index (χ2n) is 7.35. The van der Waals surface area contributed by atoms with E-state index in [2.05, 4.69) is 55.3 Å². The van der Waals surface area contributed by atoms with Gasteiger partial charge in [0.2, 0.25) is 11.8 Å². The third-order valence-electron chi connectivity index (χ3n) is 5.34. The summed E-state index contributed by atoms with van der Waals surface area (Å²) in [5.41, 5.74) is 2.78. The number of aryl methyl sites for hydroxylation is 1. The lowest BCUT2D eigenvalue weighted by Crippen LogP contribution is -2.40. The van der Waals surface area contributed by atoms with E-state index >= 15 is 0 Å². The zero-order valence-electron chi connectivity index (χ0n) is 15.8. The van der Waals surface area contributed by atoms with Gasteiger partial charge in [-0.3, -0.25) is 14.5 Å². The van der Waals surface area contributed by atoms with Crippen LogP contribution < -0.4 is 10.6 Å². The highest BCUT2D eigenvalue weighted by Crippen LogP contribution is 2.19. The third-order valence-corrected chi connectivity index (χ3v) is 5.34. The van der Waals surface area contributed by atoms with E-state index in [4.69, 9.17) is 0 Å². The van der Waals surface area contributed by atoms with E-state index in [-0.39, 0.29) is 11.8 Å². The molecule has 1 aromatic carbocycles. The molecule has 0 spiro atoms. The molecular formula is C19H25N7O2. The van der Waals surface area contributed by atoms with Crippen molar-refractivity contribution in [2.24, 2.45) is 0 Å². The number of nitrogens with zero attached hydrogens (tertiary/aromatic N) is 5. The summed E-state index contributed by atoms with van der Waals surface area (Å²) >= 11 is 0. The van der Waals surface area contributed by atoms with Crippen molar-refractivity contribution >= 4 is 11.8 Å². The Morgan fingerprint density at radius 3 is 2.96 bits per heavy atom. The van der Waals surface area contributed by atoms with Gasteiger partial charge >= 0.3 is 0 Å². The summed E-state index contributed by atoms with van der Waals surface area (Å²) in [4.78, 5) is 25.9. The molecule has 4 rings (SSSR count). The van der Waals surface area contributed by atoms with E-state index in [1.54, 1.807) is 4.68 Å². The summed E-state index contributed by atoms with van der Waals surface area (Å²) < 4.78 is 1.77. The molecule has 1 saturated heterocycles. The van der Waals surface area contributed by atoms with Crippen molar-refractivity contribution in [3.05, 3.63) is 41.2 Å². The number of benzene rings is 1. The fourth-order valence-corrected chi connectivity index (χ4v) is 3.79. The fraction of sp³-hybridized carbons (Fsp3) is 0.526. The number of tetrazole rings is 1. The van der Waals surface area contributed by atoms with Gasteiger partial charge in [0.15, 0.2) is 5.82 Å². The van der Waals surface area contributed by atoms with Crippen molar-refractivity contribution in [1.82, 2.24) is 35.7 Å². The number of rotatable bonds is 7. The van der Waals surface area contributed by atoms with Gasteiger partial charge < -0.3 is 10.6 Å². The Kier molecular flexibility index (Phi) is 5.61. The minimum Gasteiger partial charge on any atom is -0.354 e. The Morgan fingerprint density at radius 1 is 1.29 bits per heavy atom. The predicted molar refractivity (Wildman–Crippen MR) is 101 cm³/mol. The topological polar surface area (TPSA) is 105 Å². The van der Waals surface area contributed by atoms with Crippen LogP contribution >= 0.6 is 0 Å². The first kappa shape index (κ1) is 18.5. The van der Waals surface area contributed by atoms with Crippen molar-refractivity contribution in [3.63, 3.8) is 0 Å². The van der Waals surface area contributed by atoms with Crippen LogP contribution in [0, 0.1) is 0 Å². The number of hydrogen-bond donors (Lipinski definition) is 2. The van der Waals surface area contributed by atoms with Crippen molar-refractivity contribution in [2.45, 2.75) is 51.4 Å². The lowest BCUT2D eigenvalue weighted by molar-refractivity contribution is -0.127. The minimum atomic E-state index is -0.391. The molecule has 0 saturated carbocycles. The smallest absolute Gasteiger partial charge is 0.242 e. The standard InChI is InChI=1S/C19H25N7O2/c27-18(21-16-7-9-20-19(16)28)6-3-10-26-17(22-23-24-26)13-25-11-8-14-4-1-2-5-15(14)12-25/h1-2,4-5,16H,3,6-13H2,(H,20,28)(H,21,27)/t16-/m0/s1. The van der Waals surface area contributed by atoms with Gasteiger partial charge in [-0.25, -0.2) is 4.68 Å². The number of fused-ring (bicyclic) bond motifs is 1. The van der Waals surface area contributed by atoms with Crippen LogP contribution in [0.15, 0.2) is 24.3 Å². The first-order valence-corrected chi connectivity index (χ1v) is 9.80. The van der Waals surface area contributed by atoms with Crippen LogP contribution in [0.4, 0.5) is 0 Å². The predicted octanol–water partition coefficient (Wildman–Crippen LogP) is 0.0163. The molecule has 0 unspecified atom stereocenters. The quantitative estimate of drug-likeness (QED) is 0.698. The molecule has 0 radical (unpaired) electrons. The largest absolute Gasteiger partial charge is 0.354 e. The van der Waals surface area contributed by atoms with Crippen LogP contribution in [0.5, 0.6) is 0 Å². The SMILES string of the molecule is O=C(CCCn1nnnc1CN1CCc2ccccc2C1)N[C@H]1CCNC1=O. The maximum Gasteiger partial charge on any atom is 0.242 e. The molecule has 2 aliphatic rings. The highest BCUT2D eigenvalue weighted by atomic mass is 16.2. The molecule has 28 heavy (non-hydrogen) atoms. The molecule has 0 bridgehead atoms. The summed E-state index contributed by atoms with van der Waals surface area (Å²) in [5.74, 6) is 0.610. The lowest BCUT2D eigenvalue weighted by Gasteiger charge is -2.28. The number of nitrogens with one attached hydrogen (secondary N) is 2. The van der Waals surface area contributed by atoms with Gasteiger partial charge in [0, 0.05) is 32.6 Å². The first-order valence-electron chi connectivity index (χ1n) is 9.80. The van der Waals surface area contributed by atoms with Crippen molar-refractivity contribution < 1.29 is 9.59 Å². The number of amides is 2. The summed E-state index contributed by atoms with van der Waals surface area (Å²) in [6, 6.07) is 8.14. The highest BCUT2D eigenvalue weighted by molar-refractivity contribution is 5.88. The Labute approximate surface area is 163 Å². The molecule has 2 N–H and O–H groups in total. The monoisotopic (exact) mass is 383 g/mol. The summed E-state index contributed by atoms with van der Waals surface area (Å²) in [5, 5.41) is 17.5. The lowest BCUT2D eigenvalue weighted by atomic mass is 10.00. The molecule has 9 nitrogen and oxygen atoms in total. The van der Waals surface area contributed by atoms with E-state index in [1.807, 2.05) is 0 Å². The van der Waals surface area contributed by atoms with Crippen LogP contribution in [0.25, 0.3) is 0 Å². The van der Waals surface area contributed by atoms with Gasteiger partial charge in [-0.1, -0.05) is 24.3 Å². The summed E-state index contributed by atoms with van der Waals surface area (Å²) in [6.07, 6.45) is 2.66. The van der Waals surface area contributed by atoms with Crippen LogP contribution in [0.3, 0.4) is 0 Å². The fourth-order valence-electron chi connectivity index (χ4n) is 3.79. The molecule has 1 fully saturated rings. The van der Waals surface area contributed by atoms with Crippen LogP contribution in [-0.4, -0.2) is 56.1 Å². The summed E-state index contributed by atoms with van der Waals surface area (Å²) in [7, 11) is 0. The van der Waals surface area contributed by atoms with E-state index in [0.29, 0.717) is 38.9 Å². The number of hydrogen-bond acceptors (Lipinski definition) is 6. The van der Waals surface area contributed by atoms with Crippen LogP contribution in [-0.2, 0) is 35.6 Å². The molecule has 3 heterocycles. The molecule has 0 aliphatic carbocycles. The Balaban J connectivity index is 1.25. The Bertz CT molecular complexity index is 850. The van der Waals surface area contributed by atoms with E-state index < -0.39 is 6.04 Å². The third kappa shape index (κ3) is 4.36. The van der Waals surface area contributed by atoms with Gasteiger partial charge in [-0.2, -0.15) is 0 Å². The van der Waals surface area contributed by atoms with Crippen molar-refractivity contribution in [2.75, 3.05) is 13.1 Å². The molecule has 2 amide bonds. The van der Waals surface area contributed by atoms with E-state index in [0.717, 1.165) is 25.3 Å². The number of carbonyl (C=O) groups is 2. The molecule has 2 aliphatic heterocycles. The maximum atomic E-state index is 12.0. The molecule has 2 aromatic rings. The zero-order chi connectivity index (χ0) is 19.3. The molecule has 9 heteroatoms. The van der Waals surface area contributed by atoms with Gasteiger partial charge in [-0.15, -0.1) is 5.10 Å². The second kappa shape index (κ2) is 8.47. The Morgan fingerprint density at radius 2 is 2.14 bits per heavy atom. The zero-order valence-corrected chi connectivity index (χ0v) is 15.8. The normalized spacial score (nSPS) is 19.3. The van der Waals surface area contributed by atoms with Gasteiger partial charge in [-0.05, 0) is 40.8 Å². The first-order chi connectivity index (χ1) is 13.7. The van der Waals surface area contributed by atoms with E-state index in [1.165, 1.54) is 11.1 Å². The van der Waals surface area contributed by atoms with E-state index in [9.17, 15) is 9.59 Å². The van der Waals surface area contributed by atoms with Gasteiger partial charge in [0.25, 0.3) is 0 Å². The minimum absolute atomic E-state index is 0.0979. The molecule has 1 atom stereocenters. The molecular weight excluding hydrogens is 358 g/mol. The Hall–Kier alpha value is -2.81. The molecule has 148 valence electrons. The molecule has 1 aromatic heterocycles. The average molecular weight is 383 g/mol. The maximum absolute atomic E-state index is 12.0. The second-order valence-corrected chi connectivity index (χ2v) is 7.35.